The third kappa shape index (κ3) is 5.01. The highest BCUT2D eigenvalue weighted by molar-refractivity contribution is 14.0. The second-order valence-corrected chi connectivity index (χ2v) is 7.94. The summed E-state index contributed by atoms with van der Waals surface area (Å²) in [5, 5.41) is 3.42. The summed E-state index contributed by atoms with van der Waals surface area (Å²) in [5.74, 6) is 1.29. The van der Waals surface area contributed by atoms with Gasteiger partial charge in [0.2, 0.25) is 5.91 Å². The summed E-state index contributed by atoms with van der Waals surface area (Å²) in [6.45, 7) is 8.97. The fraction of sp³-hybridized carbons (Fsp3) is 0.895. The summed E-state index contributed by atoms with van der Waals surface area (Å²) in [5.41, 5.74) is 0.579. The number of likely N-dealkylation sites (tertiary alicyclic amines) is 2. The summed E-state index contributed by atoms with van der Waals surface area (Å²) in [7, 11) is 0. The number of amides is 1. The molecule has 6 heteroatoms. The standard InChI is InChI=1S/C19H34N4O.HI/c1-3-20-18(22-14-11-19(15-22)9-6-10-19)21-12-8-17(24)23-13-5-4-7-16(23)2;/h16H,3-15H2,1-2H3,(H,20,21);1H. The summed E-state index contributed by atoms with van der Waals surface area (Å²) >= 11 is 0. The number of nitrogens with zero attached hydrogens (tertiary/aromatic N) is 3. The molecule has 1 aliphatic carbocycles. The minimum Gasteiger partial charge on any atom is -0.357 e. The average Bonchev–Trinajstić information content (AvgIpc) is 3.00. The van der Waals surface area contributed by atoms with Gasteiger partial charge in [-0.2, -0.15) is 0 Å². The van der Waals surface area contributed by atoms with Gasteiger partial charge in [-0.1, -0.05) is 6.42 Å². The molecular weight excluding hydrogens is 427 g/mol. The van der Waals surface area contributed by atoms with Gasteiger partial charge in [0, 0.05) is 38.6 Å². The molecule has 1 atom stereocenters. The lowest BCUT2D eigenvalue weighted by molar-refractivity contribution is -0.134. The molecule has 144 valence electrons. The Kier molecular flexibility index (Phi) is 7.83. The molecule has 3 rings (SSSR count). The number of hydrogen-bond donors (Lipinski definition) is 1. The lowest BCUT2D eigenvalue weighted by Crippen LogP contribution is -2.43. The van der Waals surface area contributed by atoms with Crippen molar-refractivity contribution in [3.8, 4) is 0 Å². The minimum absolute atomic E-state index is 0. The van der Waals surface area contributed by atoms with E-state index in [1.165, 1.54) is 32.1 Å². The molecule has 1 unspecified atom stereocenters. The number of hydrogen-bond acceptors (Lipinski definition) is 2. The third-order valence-corrected chi connectivity index (χ3v) is 6.20. The summed E-state index contributed by atoms with van der Waals surface area (Å²) in [4.78, 5) is 21.7. The zero-order chi connectivity index (χ0) is 17.0. The number of guanidine groups is 1. The van der Waals surface area contributed by atoms with Crippen LogP contribution in [-0.2, 0) is 4.79 Å². The molecule has 0 aromatic carbocycles. The van der Waals surface area contributed by atoms with E-state index < -0.39 is 0 Å². The van der Waals surface area contributed by atoms with Crippen molar-refractivity contribution >= 4 is 35.8 Å². The van der Waals surface area contributed by atoms with E-state index in [1.54, 1.807) is 0 Å². The van der Waals surface area contributed by atoms with E-state index in [0.717, 1.165) is 45.0 Å². The Bertz CT molecular complexity index is 478. The molecule has 3 aliphatic rings. The topological polar surface area (TPSA) is 47.9 Å². The normalized spacial score (nSPS) is 25.5. The van der Waals surface area contributed by atoms with E-state index in [2.05, 4.69) is 29.0 Å². The van der Waals surface area contributed by atoms with Crippen molar-refractivity contribution in [1.82, 2.24) is 15.1 Å². The second-order valence-electron chi connectivity index (χ2n) is 7.94. The highest BCUT2D eigenvalue weighted by Crippen LogP contribution is 2.47. The predicted molar refractivity (Wildman–Crippen MR) is 114 cm³/mol. The maximum atomic E-state index is 12.5. The largest absolute Gasteiger partial charge is 0.357 e. The fourth-order valence-electron chi connectivity index (χ4n) is 4.50. The first-order valence-electron chi connectivity index (χ1n) is 9.96. The van der Waals surface area contributed by atoms with Crippen LogP contribution in [0.1, 0.15) is 65.2 Å². The van der Waals surface area contributed by atoms with Gasteiger partial charge in [-0.25, -0.2) is 0 Å². The first kappa shape index (κ1) is 20.8. The summed E-state index contributed by atoms with van der Waals surface area (Å²) in [6, 6.07) is 0.403. The summed E-state index contributed by atoms with van der Waals surface area (Å²) in [6.07, 6.45) is 9.56. The minimum atomic E-state index is 0. The van der Waals surface area contributed by atoms with Gasteiger partial charge in [-0.3, -0.25) is 9.79 Å². The molecule has 0 aromatic heterocycles. The van der Waals surface area contributed by atoms with Crippen molar-refractivity contribution in [2.24, 2.45) is 10.4 Å². The van der Waals surface area contributed by atoms with Crippen molar-refractivity contribution in [3.05, 3.63) is 0 Å². The van der Waals surface area contributed by atoms with E-state index in [-0.39, 0.29) is 29.9 Å². The van der Waals surface area contributed by atoms with Crippen LogP contribution in [-0.4, -0.2) is 60.4 Å². The second kappa shape index (κ2) is 9.42. The molecule has 5 nitrogen and oxygen atoms in total. The van der Waals surface area contributed by atoms with Crippen molar-refractivity contribution in [2.45, 2.75) is 71.3 Å². The first-order chi connectivity index (χ1) is 11.6. The maximum Gasteiger partial charge on any atom is 0.224 e. The van der Waals surface area contributed by atoms with Crippen molar-refractivity contribution < 1.29 is 4.79 Å². The highest BCUT2D eigenvalue weighted by atomic mass is 127. The van der Waals surface area contributed by atoms with Crippen LogP contribution < -0.4 is 5.32 Å². The molecule has 2 aliphatic heterocycles. The van der Waals surface area contributed by atoms with E-state index in [1.807, 2.05) is 0 Å². The van der Waals surface area contributed by atoms with Gasteiger partial charge < -0.3 is 15.1 Å². The molecule has 1 N–H and O–H groups in total. The van der Waals surface area contributed by atoms with Crippen molar-refractivity contribution in [2.75, 3.05) is 32.7 Å². The number of carbonyl (C=O) groups excluding carboxylic acids is 1. The monoisotopic (exact) mass is 462 g/mol. The first-order valence-corrected chi connectivity index (χ1v) is 9.96. The number of piperidine rings is 1. The number of nitrogens with one attached hydrogen (secondary N) is 1. The van der Waals surface area contributed by atoms with Gasteiger partial charge in [-0.15, -0.1) is 24.0 Å². The highest BCUT2D eigenvalue weighted by Gasteiger charge is 2.43. The Morgan fingerprint density at radius 1 is 1.20 bits per heavy atom. The lowest BCUT2D eigenvalue weighted by Gasteiger charge is -2.38. The summed E-state index contributed by atoms with van der Waals surface area (Å²) < 4.78 is 0. The molecular formula is C19H35IN4O. The number of aliphatic imine (C=N–C) groups is 1. The van der Waals surface area contributed by atoms with Crippen LogP contribution in [0, 0.1) is 5.41 Å². The molecule has 0 aromatic rings. The molecule has 3 fully saturated rings. The van der Waals surface area contributed by atoms with Crippen molar-refractivity contribution in [1.29, 1.82) is 0 Å². The smallest absolute Gasteiger partial charge is 0.224 e. The zero-order valence-electron chi connectivity index (χ0n) is 15.9. The van der Waals surface area contributed by atoms with Crippen LogP contribution in [0.2, 0.25) is 0 Å². The van der Waals surface area contributed by atoms with E-state index in [0.29, 0.717) is 24.4 Å². The molecule has 2 saturated heterocycles. The Hall–Kier alpha value is -0.530. The van der Waals surface area contributed by atoms with Crippen LogP contribution in [0.5, 0.6) is 0 Å². The van der Waals surface area contributed by atoms with Gasteiger partial charge >= 0.3 is 0 Å². The molecule has 1 spiro atoms. The van der Waals surface area contributed by atoms with Crippen LogP contribution >= 0.6 is 24.0 Å². The average molecular weight is 462 g/mol. The van der Waals surface area contributed by atoms with Gasteiger partial charge in [0.05, 0.1) is 6.54 Å². The molecule has 2 heterocycles. The molecule has 0 bridgehead atoms. The number of carbonyl (C=O) groups is 1. The zero-order valence-corrected chi connectivity index (χ0v) is 18.3. The molecule has 0 radical (unpaired) electrons. The van der Waals surface area contributed by atoms with Crippen LogP contribution in [0.15, 0.2) is 4.99 Å². The SMILES string of the molecule is CCNC(=NCCC(=O)N1CCCCC1C)N1CCC2(CCC2)C1.I. The van der Waals surface area contributed by atoms with Crippen molar-refractivity contribution in [3.63, 3.8) is 0 Å². The lowest BCUT2D eigenvalue weighted by atomic mass is 9.68. The Balaban J connectivity index is 0.00000225. The van der Waals surface area contributed by atoms with Gasteiger partial charge in [0.25, 0.3) is 0 Å². The Labute approximate surface area is 170 Å². The number of rotatable bonds is 4. The molecule has 25 heavy (non-hydrogen) atoms. The van der Waals surface area contributed by atoms with Crippen LogP contribution in [0.3, 0.4) is 0 Å². The van der Waals surface area contributed by atoms with E-state index in [9.17, 15) is 4.79 Å². The van der Waals surface area contributed by atoms with Crippen LogP contribution in [0.25, 0.3) is 0 Å². The molecule has 1 amide bonds. The fourth-order valence-corrected chi connectivity index (χ4v) is 4.50. The number of halogens is 1. The maximum absolute atomic E-state index is 12.5. The van der Waals surface area contributed by atoms with Crippen LogP contribution in [0.4, 0.5) is 0 Å². The van der Waals surface area contributed by atoms with Gasteiger partial charge in [0.15, 0.2) is 5.96 Å². The van der Waals surface area contributed by atoms with E-state index in [4.69, 9.17) is 4.99 Å². The van der Waals surface area contributed by atoms with E-state index >= 15 is 0 Å². The Morgan fingerprint density at radius 3 is 2.60 bits per heavy atom. The van der Waals surface area contributed by atoms with Gasteiger partial charge in [-0.05, 0) is 57.8 Å². The quantitative estimate of drug-likeness (QED) is 0.397. The third-order valence-electron chi connectivity index (χ3n) is 6.20. The van der Waals surface area contributed by atoms with Gasteiger partial charge in [0.1, 0.15) is 0 Å². The Morgan fingerprint density at radius 2 is 2.00 bits per heavy atom. The predicted octanol–water partition coefficient (Wildman–Crippen LogP) is 3.24. The molecule has 1 saturated carbocycles.